The lowest BCUT2D eigenvalue weighted by Gasteiger charge is -2.27. The van der Waals surface area contributed by atoms with E-state index in [1.807, 2.05) is 6.07 Å². The summed E-state index contributed by atoms with van der Waals surface area (Å²) in [7, 11) is 0. The van der Waals surface area contributed by atoms with Gasteiger partial charge in [-0.15, -0.1) is 11.8 Å². The molecule has 1 aromatic rings. The molecule has 0 spiro atoms. The van der Waals surface area contributed by atoms with E-state index in [0.29, 0.717) is 11.3 Å². The maximum atomic E-state index is 13.1. The van der Waals surface area contributed by atoms with Gasteiger partial charge in [0.2, 0.25) is 5.91 Å². The molecule has 5 nitrogen and oxygen atoms in total. The standard InChI is InChI=1S/C16H15F3N2O3S/c17-16(18,19)15(14(23)24)5-6-21(10-15)13(22)9-25-8-12-3-1-11(7-20)2-4-12/h1-4H,5-6,8-10H2,(H,23,24). The lowest BCUT2D eigenvalue weighted by atomic mass is 9.86. The third-order valence-electron chi connectivity index (χ3n) is 4.15. The number of aliphatic carboxylic acids is 1. The number of nitriles is 1. The van der Waals surface area contributed by atoms with Crippen LogP contribution in [0.1, 0.15) is 17.5 Å². The molecule has 1 atom stereocenters. The third-order valence-corrected chi connectivity index (χ3v) is 5.14. The van der Waals surface area contributed by atoms with Crippen molar-refractivity contribution in [3.05, 3.63) is 35.4 Å². The van der Waals surface area contributed by atoms with E-state index in [-0.39, 0.29) is 12.3 Å². The van der Waals surface area contributed by atoms with Gasteiger partial charge in [0, 0.05) is 18.8 Å². The molecule has 1 aliphatic heterocycles. The first kappa shape index (κ1) is 19.1. The summed E-state index contributed by atoms with van der Waals surface area (Å²) in [4.78, 5) is 24.1. The highest BCUT2D eigenvalue weighted by Gasteiger charge is 2.64. The van der Waals surface area contributed by atoms with Crippen LogP contribution in [-0.4, -0.2) is 46.9 Å². The van der Waals surface area contributed by atoms with Crippen molar-refractivity contribution in [1.82, 2.24) is 4.90 Å². The summed E-state index contributed by atoms with van der Waals surface area (Å²) < 4.78 is 39.3. The average Bonchev–Trinajstić information content (AvgIpc) is 3.02. The monoisotopic (exact) mass is 372 g/mol. The third kappa shape index (κ3) is 4.07. The van der Waals surface area contributed by atoms with Crippen LogP contribution in [0, 0.1) is 16.7 Å². The number of likely N-dealkylation sites (tertiary alicyclic amines) is 1. The van der Waals surface area contributed by atoms with Crippen LogP contribution in [0.3, 0.4) is 0 Å². The number of hydrogen-bond acceptors (Lipinski definition) is 4. The number of carboxylic acid groups (broad SMARTS) is 1. The van der Waals surface area contributed by atoms with Crippen LogP contribution >= 0.6 is 11.8 Å². The Balaban J connectivity index is 1.89. The number of amides is 1. The molecule has 1 unspecified atom stereocenters. The first-order valence-electron chi connectivity index (χ1n) is 7.34. The van der Waals surface area contributed by atoms with Crippen molar-refractivity contribution in [1.29, 1.82) is 5.26 Å². The Bertz CT molecular complexity index is 700. The lowest BCUT2D eigenvalue weighted by Crippen LogP contribution is -2.48. The van der Waals surface area contributed by atoms with Crippen LogP contribution in [0.5, 0.6) is 0 Å². The number of carbonyl (C=O) groups excluding carboxylic acids is 1. The molecule has 25 heavy (non-hydrogen) atoms. The number of carboxylic acids is 1. The first-order chi connectivity index (χ1) is 11.7. The zero-order valence-electron chi connectivity index (χ0n) is 13.0. The normalized spacial score (nSPS) is 20.3. The van der Waals surface area contributed by atoms with E-state index < -0.39 is 36.4 Å². The van der Waals surface area contributed by atoms with Crippen molar-refractivity contribution in [3.8, 4) is 6.07 Å². The number of rotatable bonds is 5. The number of halogens is 3. The van der Waals surface area contributed by atoms with E-state index in [9.17, 15) is 22.8 Å². The zero-order chi connectivity index (χ0) is 18.7. The molecule has 134 valence electrons. The number of benzene rings is 1. The van der Waals surface area contributed by atoms with E-state index in [1.165, 1.54) is 11.8 Å². The quantitative estimate of drug-likeness (QED) is 0.859. The zero-order valence-corrected chi connectivity index (χ0v) is 13.9. The van der Waals surface area contributed by atoms with Gasteiger partial charge >= 0.3 is 12.1 Å². The van der Waals surface area contributed by atoms with Gasteiger partial charge in [-0.3, -0.25) is 9.59 Å². The van der Waals surface area contributed by atoms with Gasteiger partial charge in [-0.25, -0.2) is 0 Å². The van der Waals surface area contributed by atoms with Gasteiger partial charge < -0.3 is 10.0 Å². The fourth-order valence-electron chi connectivity index (χ4n) is 2.57. The molecular formula is C16H15F3N2O3S. The second kappa shape index (κ2) is 7.35. The van der Waals surface area contributed by atoms with Gasteiger partial charge in [0.05, 0.1) is 17.4 Å². The van der Waals surface area contributed by atoms with Gasteiger partial charge in [0.25, 0.3) is 0 Å². The predicted octanol–water partition coefficient (Wildman–Crippen LogP) is 2.66. The van der Waals surface area contributed by atoms with E-state index in [0.717, 1.165) is 10.5 Å². The van der Waals surface area contributed by atoms with Gasteiger partial charge in [-0.2, -0.15) is 18.4 Å². The molecule has 1 N–H and O–H groups in total. The highest BCUT2D eigenvalue weighted by Crippen LogP contribution is 2.45. The summed E-state index contributed by atoms with van der Waals surface area (Å²) in [5, 5.41) is 17.7. The molecule has 1 saturated heterocycles. The first-order valence-corrected chi connectivity index (χ1v) is 8.50. The minimum Gasteiger partial charge on any atom is -0.481 e. The Morgan fingerprint density at radius 2 is 1.96 bits per heavy atom. The van der Waals surface area contributed by atoms with Gasteiger partial charge in [-0.05, 0) is 24.1 Å². The number of carbonyl (C=O) groups is 2. The average molecular weight is 372 g/mol. The summed E-state index contributed by atoms with van der Waals surface area (Å²) in [5.41, 5.74) is -1.48. The van der Waals surface area contributed by atoms with Crippen molar-refractivity contribution in [2.75, 3.05) is 18.8 Å². The number of thioether (sulfide) groups is 1. The summed E-state index contributed by atoms with van der Waals surface area (Å²) >= 11 is 1.23. The van der Waals surface area contributed by atoms with E-state index in [2.05, 4.69) is 0 Å². The minimum absolute atomic E-state index is 0.0342. The van der Waals surface area contributed by atoms with E-state index in [4.69, 9.17) is 10.4 Å². The van der Waals surface area contributed by atoms with Crippen LogP contribution < -0.4 is 0 Å². The maximum Gasteiger partial charge on any atom is 0.406 e. The fourth-order valence-corrected chi connectivity index (χ4v) is 3.46. The Labute approximate surface area is 146 Å². The van der Waals surface area contributed by atoms with Crippen LogP contribution in [0.2, 0.25) is 0 Å². The van der Waals surface area contributed by atoms with Crippen molar-refractivity contribution >= 4 is 23.6 Å². The molecule has 0 saturated carbocycles. The summed E-state index contributed by atoms with van der Waals surface area (Å²) in [6.07, 6.45) is -5.53. The Morgan fingerprint density at radius 1 is 1.32 bits per heavy atom. The smallest absolute Gasteiger partial charge is 0.406 e. The molecule has 1 fully saturated rings. The molecule has 9 heteroatoms. The summed E-state index contributed by atoms with van der Waals surface area (Å²) in [5.74, 6) is -2.02. The number of hydrogen-bond donors (Lipinski definition) is 1. The molecular weight excluding hydrogens is 357 g/mol. The van der Waals surface area contributed by atoms with Crippen LogP contribution in [-0.2, 0) is 15.3 Å². The molecule has 0 radical (unpaired) electrons. The highest BCUT2D eigenvalue weighted by atomic mass is 32.2. The Hall–Kier alpha value is -2.21. The molecule has 1 amide bonds. The minimum atomic E-state index is -4.90. The van der Waals surface area contributed by atoms with Crippen molar-refractivity contribution in [2.24, 2.45) is 5.41 Å². The van der Waals surface area contributed by atoms with Gasteiger partial charge in [-0.1, -0.05) is 12.1 Å². The topological polar surface area (TPSA) is 81.4 Å². The molecule has 1 heterocycles. The summed E-state index contributed by atoms with van der Waals surface area (Å²) in [6.45, 7) is -1.07. The molecule has 0 aliphatic carbocycles. The van der Waals surface area contributed by atoms with E-state index >= 15 is 0 Å². The second-order valence-corrected chi connectivity index (χ2v) is 6.74. The molecule has 1 aliphatic rings. The highest BCUT2D eigenvalue weighted by molar-refractivity contribution is 7.99. The van der Waals surface area contributed by atoms with E-state index in [1.54, 1.807) is 24.3 Å². The Kier molecular flexibility index (Phi) is 5.62. The predicted molar refractivity (Wildman–Crippen MR) is 84.6 cm³/mol. The van der Waals surface area contributed by atoms with Crippen molar-refractivity contribution in [3.63, 3.8) is 0 Å². The molecule has 1 aromatic carbocycles. The lowest BCUT2D eigenvalue weighted by molar-refractivity contribution is -0.227. The maximum absolute atomic E-state index is 13.1. The second-order valence-electron chi connectivity index (χ2n) is 5.75. The van der Waals surface area contributed by atoms with Crippen molar-refractivity contribution < 1.29 is 27.9 Å². The van der Waals surface area contributed by atoms with Crippen LogP contribution in [0.15, 0.2) is 24.3 Å². The van der Waals surface area contributed by atoms with Crippen LogP contribution in [0.25, 0.3) is 0 Å². The van der Waals surface area contributed by atoms with Gasteiger partial charge in [0.15, 0.2) is 5.41 Å². The molecule has 2 rings (SSSR count). The fraction of sp³-hybridized carbons (Fsp3) is 0.438. The Morgan fingerprint density at radius 3 is 2.44 bits per heavy atom. The number of nitrogens with zero attached hydrogens (tertiary/aromatic N) is 2. The largest absolute Gasteiger partial charge is 0.481 e. The summed E-state index contributed by atoms with van der Waals surface area (Å²) in [6, 6.07) is 8.75. The van der Waals surface area contributed by atoms with Crippen molar-refractivity contribution in [2.45, 2.75) is 18.3 Å². The SMILES string of the molecule is N#Cc1ccc(CSCC(=O)N2CCC(C(=O)O)(C(F)(F)F)C2)cc1. The molecule has 0 bridgehead atoms. The number of alkyl halides is 3. The molecule has 0 aromatic heterocycles. The van der Waals surface area contributed by atoms with Crippen LogP contribution in [0.4, 0.5) is 13.2 Å². The van der Waals surface area contributed by atoms with Gasteiger partial charge in [0.1, 0.15) is 0 Å².